The molecule has 7 aromatic rings. The molecule has 4 heteroatoms. The van der Waals surface area contributed by atoms with Gasteiger partial charge in [-0.2, -0.15) is 0 Å². The standard InChI is InChI=1S/C51H49BN2S/c1-35(2)38-31-45(36(3)4)51(46(32-38)37(5)6)52-47-33-43(53(39-19-11-7-12-20-39)40-21-13-8-14-22-40)27-29-49(47)55-50-30-28-44(34-48(50)52)54(41-23-15-9-16-24-41)42-25-17-10-18-26-42/h7-37H,1-6H3. The van der Waals surface area contributed by atoms with Gasteiger partial charge in [0.05, 0.1) is 0 Å². The lowest BCUT2D eigenvalue weighted by Crippen LogP contribution is -2.57. The molecule has 55 heavy (non-hydrogen) atoms. The normalized spacial score (nSPS) is 12.2. The highest BCUT2D eigenvalue weighted by molar-refractivity contribution is 8.00. The zero-order chi connectivity index (χ0) is 38.1. The van der Waals surface area contributed by atoms with Crippen molar-refractivity contribution in [3.63, 3.8) is 0 Å². The Hall–Kier alpha value is -5.45. The van der Waals surface area contributed by atoms with Gasteiger partial charge in [0.25, 0.3) is 0 Å². The van der Waals surface area contributed by atoms with E-state index in [1.54, 1.807) is 0 Å². The van der Waals surface area contributed by atoms with Crippen LogP contribution in [-0.2, 0) is 0 Å². The van der Waals surface area contributed by atoms with Crippen LogP contribution >= 0.6 is 11.8 Å². The van der Waals surface area contributed by atoms with Crippen molar-refractivity contribution in [2.75, 3.05) is 9.80 Å². The zero-order valence-electron chi connectivity index (χ0n) is 32.8. The fraction of sp³-hybridized carbons (Fsp3) is 0.176. The van der Waals surface area contributed by atoms with Gasteiger partial charge in [0, 0.05) is 43.9 Å². The summed E-state index contributed by atoms with van der Waals surface area (Å²) in [5.41, 5.74) is 15.4. The second-order valence-electron chi connectivity index (χ2n) is 15.6. The van der Waals surface area contributed by atoms with Gasteiger partial charge < -0.3 is 9.80 Å². The van der Waals surface area contributed by atoms with Gasteiger partial charge in [-0.15, -0.1) is 0 Å². The van der Waals surface area contributed by atoms with E-state index in [2.05, 4.69) is 221 Å². The van der Waals surface area contributed by atoms with E-state index >= 15 is 0 Å². The van der Waals surface area contributed by atoms with Crippen molar-refractivity contribution < 1.29 is 0 Å². The van der Waals surface area contributed by atoms with Crippen molar-refractivity contribution in [1.82, 2.24) is 0 Å². The maximum atomic E-state index is 2.52. The van der Waals surface area contributed by atoms with Crippen LogP contribution < -0.4 is 26.2 Å². The molecule has 0 saturated carbocycles. The number of rotatable bonds is 10. The third-order valence-corrected chi connectivity index (χ3v) is 12.1. The van der Waals surface area contributed by atoms with E-state index in [0.717, 1.165) is 34.1 Å². The lowest BCUT2D eigenvalue weighted by Gasteiger charge is -2.34. The summed E-state index contributed by atoms with van der Waals surface area (Å²) in [6.07, 6.45) is 0. The molecule has 0 atom stereocenters. The van der Waals surface area contributed by atoms with E-state index in [1.165, 1.54) is 42.9 Å². The van der Waals surface area contributed by atoms with Crippen molar-refractivity contribution >= 4 is 69.0 Å². The molecule has 272 valence electrons. The smallest absolute Gasteiger partial charge is 0.245 e. The maximum Gasteiger partial charge on any atom is 0.245 e. The van der Waals surface area contributed by atoms with E-state index in [1.807, 2.05) is 11.8 Å². The summed E-state index contributed by atoms with van der Waals surface area (Å²) >= 11 is 1.90. The van der Waals surface area contributed by atoms with Crippen LogP contribution in [0.1, 0.15) is 76.0 Å². The van der Waals surface area contributed by atoms with Crippen molar-refractivity contribution in [3.8, 4) is 0 Å². The molecule has 0 unspecified atom stereocenters. The third-order valence-electron chi connectivity index (χ3n) is 10.9. The zero-order valence-corrected chi connectivity index (χ0v) is 33.6. The molecule has 7 aromatic carbocycles. The molecule has 0 amide bonds. The Kier molecular flexibility index (Phi) is 10.4. The first kappa shape index (κ1) is 36.5. The average molecular weight is 733 g/mol. The number of hydrogen-bond donors (Lipinski definition) is 0. The van der Waals surface area contributed by atoms with Crippen molar-refractivity contribution in [2.45, 2.75) is 69.1 Å². The van der Waals surface area contributed by atoms with Crippen LogP contribution in [0.15, 0.2) is 180 Å². The SMILES string of the molecule is CC(C)c1cc(C(C)C)c(B2c3cc(N(c4ccccc4)c4ccccc4)ccc3Sc3ccc(N(c4ccccc4)c4ccccc4)cc32)c(C(C)C)c1. The van der Waals surface area contributed by atoms with Crippen molar-refractivity contribution in [2.24, 2.45) is 0 Å². The summed E-state index contributed by atoms with van der Waals surface area (Å²) in [6.45, 7) is 14.2. The molecule has 0 radical (unpaired) electrons. The van der Waals surface area contributed by atoms with E-state index in [9.17, 15) is 0 Å². The van der Waals surface area contributed by atoms with Gasteiger partial charge in [-0.25, -0.2) is 0 Å². The molecule has 0 aliphatic carbocycles. The average Bonchev–Trinajstić information content (AvgIpc) is 3.21. The Morgan fingerprint density at radius 3 is 1.04 bits per heavy atom. The Balaban J connectivity index is 1.41. The number of hydrogen-bond acceptors (Lipinski definition) is 3. The molecule has 0 bridgehead atoms. The lowest BCUT2D eigenvalue weighted by atomic mass is 9.34. The molecule has 0 aromatic heterocycles. The van der Waals surface area contributed by atoms with Crippen LogP contribution in [0.5, 0.6) is 0 Å². The van der Waals surface area contributed by atoms with E-state index in [0.29, 0.717) is 17.8 Å². The van der Waals surface area contributed by atoms with Crippen LogP contribution in [0.2, 0.25) is 0 Å². The number of nitrogens with zero attached hydrogens (tertiary/aromatic N) is 2. The topological polar surface area (TPSA) is 6.48 Å². The first-order chi connectivity index (χ1) is 26.8. The quantitative estimate of drug-likeness (QED) is 0.129. The highest BCUT2D eigenvalue weighted by Crippen LogP contribution is 2.40. The first-order valence-electron chi connectivity index (χ1n) is 19.7. The van der Waals surface area contributed by atoms with Crippen molar-refractivity contribution in [3.05, 3.63) is 187 Å². The van der Waals surface area contributed by atoms with Crippen LogP contribution in [0.3, 0.4) is 0 Å². The molecule has 0 spiro atoms. The van der Waals surface area contributed by atoms with E-state index in [4.69, 9.17) is 0 Å². The minimum Gasteiger partial charge on any atom is -0.311 e. The molecule has 8 rings (SSSR count). The van der Waals surface area contributed by atoms with Crippen LogP contribution in [0, 0.1) is 0 Å². The molecule has 1 aliphatic heterocycles. The van der Waals surface area contributed by atoms with Crippen LogP contribution in [0.25, 0.3) is 0 Å². The van der Waals surface area contributed by atoms with E-state index < -0.39 is 0 Å². The Morgan fingerprint density at radius 2 is 0.727 bits per heavy atom. The van der Waals surface area contributed by atoms with Gasteiger partial charge >= 0.3 is 0 Å². The molecule has 0 N–H and O–H groups in total. The molecular weight excluding hydrogens is 683 g/mol. The molecule has 1 heterocycles. The van der Waals surface area contributed by atoms with Crippen molar-refractivity contribution in [1.29, 1.82) is 0 Å². The van der Waals surface area contributed by atoms with Crippen LogP contribution in [-0.4, -0.2) is 6.71 Å². The van der Waals surface area contributed by atoms with Gasteiger partial charge in [0.15, 0.2) is 0 Å². The molecule has 0 saturated heterocycles. The summed E-state index contributed by atoms with van der Waals surface area (Å²) in [5, 5.41) is 0. The van der Waals surface area contributed by atoms with Gasteiger partial charge in [-0.3, -0.25) is 0 Å². The second kappa shape index (κ2) is 15.7. The number of benzene rings is 7. The fourth-order valence-corrected chi connectivity index (χ4v) is 9.23. The summed E-state index contributed by atoms with van der Waals surface area (Å²) in [5.74, 6) is 1.16. The van der Waals surface area contributed by atoms with Crippen LogP contribution in [0.4, 0.5) is 34.1 Å². The van der Waals surface area contributed by atoms with Gasteiger partial charge in [-0.1, -0.05) is 155 Å². The molecule has 1 aliphatic rings. The predicted molar refractivity (Wildman–Crippen MR) is 240 cm³/mol. The number of anilines is 6. The largest absolute Gasteiger partial charge is 0.311 e. The minimum absolute atomic E-state index is 0.0314. The third kappa shape index (κ3) is 7.24. The lowest BCUT2D eigenvalue weighted by molar-refractivity contribution is 0.812. The first-order valence-corrected chi connectivity index (χ1v) is 20.5. The Bertz CT molecular complexity index is 2150. The second-order valence-corrected chi connectivity index (χ2v) is 16.7. The summed E-state index contributed by atoms with van der Waals surface area (Å²) in [6, 6.07) is 62.4. The molecular formula is C51H49BN2S. The Labute approximate surface area is 333 Å². The number of para-hydroxylation sites is 4. The summed E-state index contributed by atoms with van der Waals surface area (Å²) in [4.78, 5) is 7.43. The highest BCUT2D eigenvalue weighted by atomic mass is 32.2. The molecule has 0 fully saturated rings. The fourth-order valence-electron chi connectivity index (χ4n) is 8.13. The number of fused-ring (bicyclic) bond motifs is 2. The van der Waals surface area contributed by atoms with Gasteiger partial charge in [-0.05, 0) is 119 Å². The van der Waals surface area contributed by atoms with Gasteiger partial charge in [0.1, 0.15) is 0 Å². The van der Waals surface area contributed by atoms with E-state index in [-0.39, 0.29) is 6.71 Å². The maximum absolute atomic E-state index is 2.52. The monoisotopic (exact) mass is 732 g/mol. The predicted octanol–water partition coefficient (Wildman–Crippen LogP) is 13.0. The van der Waals surface area contributed by atoms with Gasteiger partial charge in [0.2, 0.25) is 6.71 Å². The summed E-state index contributed by atoms with van der Waals surface area (Å²) < 4.78 is 0. The highest BCUT2D eigenvalue weighted by Gasteiger charge is 2.37. The summed E-state index contributed by atoms with van der Waals surface area (Å²) in [7, 11) is 0. The minimum atomic E-state index is 0.0314. The molecule has 2 nitrogen and oxygen atoms in total. The Morgan fingerprint density at radius 1 is 0.382 bits per heavy atom.